The third-order valence-corrected chi connectivity index (χ3v) is 2.74. The summed E-state index contributed by atoms with van der Waals surface area (Å²) < 4.78 is 0. The topological polar surface area (TPSA) is 6.48 Å². The van der Waals surface area contributed by atoms with Gasteiger partial charge in [0.1, 0.15) is 0 Å². The maximum Gasteiger partial charge on any atom is 2.00 e. The van der Waals surface area contributed by atoms with Crippen LogP contribution < -0.4 is 0 Å². The quantitative estimate of drug-likeness (QED) is 0.412. The fraction of sp³-hybridized carbons (Fsp3) is 0.857. The van der Waals surface area contributed by atoms with Crippen molar-refractivity contribution in [1.29, 1.82) is 0 Å². The molecule has 0 saturated carbocycles. The van der Waals surface area contributed by atoms with Crippen LogP contribution in [0, 0.1) is 13.8 Å². The molecule has 4 heteroatoms. The maximum absolute atomic E-state index is 3.78. The van der Waals surface area contributed by atoms with Gasteiger partial charge in [-0.1, -0.05) is 27.7 Å². The first-order valence-corrected chi connectivity index (χ1v) is 6.73. The van der Waals surface area contributed by atoms with Crippen LogP contribution in [0.1, 0.15) is 40.5 Å². The maximum atomic E-state index is 3.78. The first-order chi connectivity index (χ1) is 7.69. The van der Waals surface area contributed by atoms with Crippen LogP contribution in [0.15, 0.2) is 0 Å². The summed E-state index contributed by atoms with van der Waals surface area (Å²) in [6.07, 6.45) is 2.06. The zero-order valence-corrected chi connectivity index (χ0v) is 21.5. The van der Waals surface area contributed by atoms with Gasteiger partial charge in [-0.05, 0) is 39.3 Å². The van der Waals surface area contributed by atoms with E-state index in [9.17, 15) is 0 Å². The molecule has 2 nitrogen and oxygen atoms in total. The Kier molecular flexibility index (Phi) is 37.1. The van der Waals surface area contributed by atoms with Crippen LogP contribution in [0.4, 0.5) is 0 Å². The molecule has 102 valence electrons. The third-order valence-electron chi connectivity index (χ3n) is 2.74. The SMILES string of the molecule is [CH2-]CCN(CC)CC.[CH2-]CCN(CC)CC.[Cd+2].[Cd]. The minimum absolute atomic E-state index is 0. The van der Waals surface area contributed by atoms with Gasteiger partial charge < -0.3 is 23.6 Å². The van der Waals surface area contributed by atoms with E-state index >= 15 is 0 Å². The minimum Gasteiger partial charge on any atom is -0.342 e. The third kappa shape index (κ3) is 20.1. The molecule has 0 aliphatic heterocycles. The molecular weight excluding hydrogens is 421 g/mol. The first kappa shape index (κ1) is 28.0. The molecular formula is C14H32Cd2N2. The molecule has 0 radical (unpaired) electrons. The van der Waals surface area contributed by atoms with Gasteiger partial charge >= 0.3 is 27.3 Å². The van der Waals surface area contributed by atoms with Gasteiger partial charge in [-0.15, -0.1) is 0 Å². The summed E-state index contributed by atoms with van der Waals surface area (Å²) in [6, 6.07) is 0. The zero-order chi connectivity index (χ0) is 12.8. The second-order valence-corrected chi connectivity index (χ2v) is 3.76. The second kappa shape index (κ2) is 23.8. The molecule has 0 spiro atoms. The van der Waals surface area contributed by atoms with Crippen LogP contribution in [-0.4, -0.2) is 49.1 Å². The van der Waals surface area contributed by atoms with Crippen LogP contribution in [0.5, 0.6) is 0 Å². The van der Waals surface area contributed by atoms with E-state index < -0.39 is 0 Å². The molecule has 0 heterocycles. The Morgan fingerprint density at radius 3 is 0.944 bits per heavy atom. The largest absolute Gasteiger partial charge is 2.00 e. The summed E-state index contributed by atoms with van der Waals surface area (Å²) in [7, 11) is 0. The summed E-state index contributed by atoms with van der Waals surface area (Å²) in [5.41, 5.74) is 0. The van der Waals surface area contributed by atoms with E-state index in [1.165, 1.54) is 0 Å². The Hall–Kier alpha value is 1.76. The molecule has 0 aliphatic carbocycles. The van der Waals surface area contributed by atoms with Crippen molar-refractivity contribution in [2.45, 2.75) is 40.5 Å². The standard InChI is InChI=1S/2C7H16N.2Cd/c2*1-4-7-8(5-2)6-3;;/h2*1,4-7H2,2-3H3;;/q2*-1;;+2. The monoisotopic (exact) mass is 456 g/mol. The Labute approximate surface area is 157 Å². The van der Waals surface area contributed by atoms with Crippen molar-refractivity contribution in [3.05, 3.63) is 13.8 Å². The average Bonchev–Trinajstić information content (AvgIpc) is 2.33. The molecule has 0 bridgehead atoms. The van der Waals surface area contributed by atoms with Crippen molar-refractivity contribution in [3.8, 4) is 0 Å². The van der Waals surface area contributed by atoms with E-state index in [1.807, 2.05) is 0 Å². The Morgan fingerprint density at radius 2 is 0.889 bits per heavy atom. The van der Waals surface area contributed by atoms with Crippen molar-refractivity contribution in [1.82, 2.24) is 9.80 Å². The molecule has 0 aliphatic rings. The van der Waals surface area contributed by atoms with Crippen molar-refractivity contribution in [2.24, 2.45) is 0 Å². The summed E-state index contributed by atoms with van der Waals surface area (Å²) in [5.74, 6) is 0. The molecule has 0 aromatic carbocycles. The first-order valence-electron chi connectivity index (χ1n) is 6.73. The van der Waals surface area contributed by atoms with E-state index in [-0.39, 0.29) is 54.6 Å². The van der Waals surface area contributed by atoms with Gasteiger partial charge in [0.15, 0.2) is 0 Å². The molecule has 0 atom stereocenters. The number of hydrogen-bond donors (Lipinski definition) is 0. The van der Waals surface area contributed by atoms with Crippen molar-refractivity contribution < 1.29 is 54.6 Å². The fourth-order valence-corrected chi connectivity index (χ4v) is 1.53. The molecule has 0 amide bonds. The second-order valence-electron chi connectivity index (χ2n) is 3.76. The van der Waals surface area contributed by atoms with Crippen LogP contribution in [-0.2, 0) is 54.6 Å². The van der Waals surface area contributed by atoms with Crippen molar-refractivity contribution >= 4 is 0 Å². The zero-order valence-electron chi connectivity index (χ0n) is 13.4. The van der Waals surface area contributed by atoms with Gasteiger partial charge in [-0.25, -0.2) is 0 Å². The van der Waals surface area contributed by atoms with Crippen LogP contribution in [0.25, 0.3) is 0 Å². The number of hydrogen-bond acceptors (Lipinski definition) is 2. The van der Waals surface area contributed by atoms with Crippen LogP contribution in [0.2, 0.25) is 0 Å². The summed E-state index contributed by atoms with van der Waals surface area (Å²) >= 11 is 0. The van der Waals surface area contributed by atoms with E-state index in [1.54, 1.807) is 0 Å². The molecule has 0 fully saturated rings. The fourth-order valence-electron chi connectivity index (χ4n) is 1.53. The smallest absolute Gasteiger partial charge is 0.342 e. The van der Waals surface area contributed by atoms with Crippen molar-refractivity contribution in [3.63, 3.8) is 0 Å². The van der Waals surface area contributed by atoms with Gasteiger partial charge in [-0.3, -0.25) is 0 Å². The number of rotatable bonds is 8. The summed E-state index contributed by atoms with van der Waals surface area (Å²) in [4.78, 5) is 4.74. The van der Waals surface area contributed by atoms with Crippen molar-refractivity contribution in [2.75, 3.05) is 39.3 Å². The van der Waals surface area contributed by atoms with Gasteiger partial charge in [0.2, 0.25) is 0 Å². The van der Waals surface area contributed by atoms with Gasteiger partial charge in [0.05, 0.1) is 0 Å². The van der Waals surface area contributed by atoms with Gasteiger partial charge in [-0.2, -0.15) is 12.8 Å². The minimum atomic E-state index is 0. The average molecular weight is 453 g/mol. The van der Waals surface area contributed by atoms with Crippen LogP contribution >= 0.6 is 0 Å². The Balaban J connectivity index is -0.0000000980. The van der Waals surface area contributed by atoms with Gasteiger partial charge in [0.25, 0.3) is 0 Å². The molecule has 0 N–H and O–H groups in total. The molecule has 0 aromatic rings. The van der Waals surface area contributed by atoms with Crippen LogP contribution in [0.3, 0.4) is 0 Å². The number of nitrogens with zero attached hydrogens (tertiary/aromatic N) is 2. The molecule has 0 aromatic heterocycles. The Morgan fingerprint density at radius 1 is 0.667 bits per heavy atom. The summed E-state index contributed by atoms with van der Waals surface area (Å²) in [5, 5.41) is 0. The molecule has 18 heavy (non-hydrogen) atoms. The Bertz CT molecular complexity index is 102. The van der Waals surface area contributed by atoms with Gasteiger partial charge in [0, 0.05) is 27.3 Å². The summed E-state index contributed by atoms with van der Waals surface area (Å²) in [6.45, 7) is 23.2. The molecule has 0 unspecified atom stereocenters. The van der Waals surface area contributed by atoms with E-state index in [0.717, 1.165) is 52.1 Å². The van der Waals surface area contributed by atoms with E-state index in [4.69, 9.17) is 0 Å². The van der Waals surface area contributed by atoms with E-state index in [0.29, 0.717) is 0 Å². The molecule has 0 saturated heterocycles. The normalized spacial score (nSPS) is 9.33. The predicted molar refractivity (Wildman–Crippen MR) is 75.5 cm³/mol. The molecule has 0 rings (SSSR count). The van der Waals surface area contributed by atoms with E-state index in [2.05, 4.69) is 51.3 Å². The predicted octanol–water partition coefficient (Wildman–Crippen LogP) is 3.10.